The normalized spacial score (nSPS) is 10.8. The molecule has 140 valence electrons. The van der Waals surface area contributed by atoms with Crippen LogP contribution in [0.3, 0.4) is 0 Å². The van der Waals surface area contributed by atoms with E-state index in [0.29, 0.717) is 0 Å². The number of ether oxygens (including phenoxy) is 1. The Morgan fingerprint density at radius 3 is 2.56 bits per heavy atom. The number of amides is 1. The summed E-state index contributed by atoms with van der Waals surface area (Å²) in [5, 5.41) is 2.11. The average molecular weight is 398 g/mol. The fourth-order valence-corrected chi connectivity index (χ4v) is 3.08. The Morgan fingerprint density at radius 1 is 1.07 bits per heavy atom. The summed E-state index contributed by atoms with van der Waals surface area (Å²) < 4.78 is 58.2. The SMILES string of the molecule is O=C(COC(=O)Cc1ccccc1F)Nc1nc2c(F)c(F)c(F)cc2s1. The number of nitrogens with zero attached hydrogens (tertiary/aromatic N) is 1. The Morgan fingerprint density at radius 2 is 1.81 bits per heavy atom. The molecule has 0 bridgehead atoms. The number of carbonyl (C=O) groups is 2. The third kappa shape index (κ3) is 4.22. The number of hydrogen-bond donors (Lipinski definition) is 1. The second-order valence-electron chi connectivity index (χ2n) is 5.33. The van der Waals surface area contributed by atoms with Crippen LogP contribution in [0, 0.1) is 23.3 Å². The minimum Gasteiger partial charge on any atom is -0.455 e. The van der Waals surface area contributed by atoms with E-state index in [2.05, 4.69) is 10.3 Å². The molecule has 0 aliphatic heterocycles. The topological polar surface area (TPSA) is 68.3 Å². The molecular weight excluding hydrogens is 388 g/mol. The van der Waals surface area contributed by atoms with E-state index in [9.17, 15) is 27.2 Å². The van der Waals surface area contributed by atoms with Gasteiger partial charge < -0.3 is 4.74 Å². The quantitative estimate of drug-likeness (QED) is 0.405. The maximum absolute atomic E-state index is 13.6. The first-order valence-corrected chi connectivity index (χ1v) is 8.29. The first-order valence-electron chi connectivity index (χ1n) is 7.48. The number of thiazole rings is 1. The molecule has 3 rings (SSSR count). The first-order chi connectivity index (χ1) is 12.8. The molecule has 3 aromatic rings. The fraction of sp³-hybridized carbons (Fsp3) is 0.118. The minimum absolute atomic E-state index is 0.00162. The standard InChI is InChI=1S/C17H10F4N2O3S/c18-9-4-2-1-3-8(9)5-13(25)26-7-12(24)22-17-23-16-11(27-17)6-10(19)14(20)15(16)21/h1-4,6H,5,7H2,(H,22,23,24). The van der Waals surface area contributed by atoms with Gasteiger partial charge in [-0.1, -0.05) is 29.5 Å². The smallest absolute Gasteiger partial charge is 0.310 e. The van der Waals surface area contributed by atoms with Gasteiger partial charge in [-0.25, -0.2) is 22.5 Å². The van der Waals surface area contributed by atoms with Gasteiger partial charge in [0.15, 0.2) is 29.2 Å². The van der Waals surface area contributed by atoms with Gasteiger partial charge in [-0.15, -0.1) is 0 Å². The monoisotopic (exact) mass is 398 g/mol. The molecule has 2 aromatic carbocycles. The molecule has 0 aliphatic rings. The zero-order valence-electron chi connectivity index (χ0n) is 13.4. The lowest BCUT2D eigenvalue weighted by Crippen LogP contribution is -2.21. The number of esters is 1. The van der Waals surface area contributed by atoms with E-state index in [1.807, 2.05) is 0 Å². The van der Waals surface area contributed by atoms with Crippen molar-refractivity contribution in [1.82, 2.24) is 4.98 Å². The molecule has 1 heterocycles. The van der Waals surface area contributed by atoms with Crippen LogP contribution in [0.25, 0.3) is 10.2 Å². The number of carbonyl (C=O) groups excluding carboxylic acids is 2. The second kappa shape index (κ2) is 7.70. The van der Waals surface area contributed by atoms with Gasteiger partial charge in [-0.05, 0) is 17.7 Å². The number of benzene rings is 2. The third-order valence-electron chi connectivity index (χ3n) is 3.42. The van der Waals surface area contributed by atoms with Crippen LogP contribution in [0.5, 0.6) is 0 Å². The third-order valence-corrected chi connectivity index (χ3v) is 4.34. The van der Waals surface area contributed by atoms with Gasteiger partial charge in [-0.2, -0.15) is 0 Å². The highest BCUT2D eigenvalue weighted by atomic mass is 32.1. The molecule has 0 atom stereocenters. The van der Waals surface area contributed by atoms with Crippen molar-refractivity contribution in [2.24, 2.45) is 0 Å². The van der Waals surface area contributed by atoms with Crippen molar-refractivity contribution in [1.29, 1.82) is 0 Å². The van der Waals surface area contributed by atoms with Crippen molar-refractivity contribution in [2.75, 3.05) is 11.9 Å². The van der Waals surface area contributed by atoms with Crippen LogP contribution < -0.4 is 5.32 Å². The van der Waals surface area contributed by atoms with Gasteiger partial charge in [0, 0.05) is 0 Å². The number of rotatable bonds is 5. The number of anilines is 1. The minimum atomic E-state index is -1.66. The molecule has 0 saturated heterocycles. The summed E-state index contributed by atoms with van der Waals surface area (Å²) >= 11 is 0.722. The highest BCUT2D eigenvalue weighted by molar-refractivity contribution is 7.22. The summed E-state index contributed by atoms with van der Waals surface area (Å²) in [6.07, 6.45) is -0.356. The van der Waals surface area contributed by atoms with Crippen LogP contribution in [0.4, 0.5) is 22.7 Å². The molecule has 0 fully saturated rings. The zero-order chi connectivity index (χ0) is 19.6. The Kier molecular flexibility index (Phi) is 5.36. The molecule has 1 amide bonds. The summed E-state index contributed by atoms with van der Waals surface area (Å²) in [6.45, 7) is -0.686. The largest absolute Gasteiger partial charge is 0.455 e. The summed E-state index contributed by atoms with van der Waals surface area (Å²) in [5.41, 5.74) is -0.306. The van der Waals surface area contributed by atoms with Gasteiger partial charge >= 0.3 is 5.97 Å². The molecule has 10 heteroatoms. The molecule has 0 saturated carbocycles. The summed E-state index contributed by atoms with van der Waals surface area (Å²) in [7, 11) is 0. The lowest BCUT2D eigenvalue weighted by atomic mass is 10.1. The van der Waals surface area contributed by atoms with E-state index in [1.54, 1.807) is 6.07 Å². The van der Waals surface area contributed by atoms with Gasteiger partial charge in [0.1, 0.15) is 11.3 Å². The number of nitrogens with one attached hydrogen (secondary N) is 1. The molecule has 0 unspecified atom stereocenters. The van der Waals surface area contributed by atoms with Gasteiger partial charge in [0.05, 0.1) is 11.1 Å². The molecule has 1 aromatic heterocycles. The molecule has 0 spiro atoms. The average Bonchev–Trinajstić information content (AvgIpc) is 3.02. The number of aromatic nitrogens is 1. The maximum Gasteiger partial charge on any atom is 0.310 e. The van der Waals surface area contributed by atoms with E-state index in [1.165, 1.54) is 18.2 Å². The molecule has 0 aliphatic carbocycles. The highest BCUT2D eigenvalue weighted by Gasteiger charge is 2.18. The molecular formula is C17H10F4N2O3S. The van der Waals surface area contributed by atoms with Crippen molar-refractivity contribution in [3.8, 4) is 0 Å². The fourth-order valence-electron chi connectivity index (χ4n) is 2.18. The van der Waals surface area contributed by atoms with Crippen LogP contribution in [0.2, 0.25) is 0 Å². The Bertz CT molecular complexity index is 1040. The molecule has 27 heavy (non-hydrogen) atoms. The molecule has 0 radical (unpaired) electrons. The highest BCUT2D eigenvalue weighted by Crippen LogP contribution is 2.30. The van der Waals surface area contributed by atoms with Crippen LogP contribution in [-0.2, 0) is 20.7 Å². The Hall–Kier alpha value is -3.01. The molecule has 1 N–H and O–H groups in total. The summed E-state index contributed by atoms with van der Waals surface area (Å²) in [5.74, 6) is -6.68. The Balaban J connectivity index is 1.59. The van der Waals surface area contributed by atoms with Crippen molar-refractivity contribution >= 4 is 38.6 Å². The predicted molar refractivity (Wildman–Crippen MR) is 89.2 cm³/mol. The van der Waals surface area contributed by atoms with Crippen LogP contribution in [-0.4, -0.2) is 23.5 Å². The number of fused-ring (bicyclic) bond motifs is 1. The number of hydrogen-bond acceptors (Lipinski definition) is 5. The van der Waals surface area contributed by atoms with E-state index in [-0.39, 0.29) is 21.8 Å². The number of halogens is 4. The molecule has 5 nitrogen and oxygen atoms in total. The lowest BCUT2D eigenvalue weighted by molar-refractivity contribution is -0.146. The van der Waals surface area contributed by atoms with Crippen molar-refractivity contribution < 1.29 is 31.9 Å². The van der Waals surface area contributed by atoms with Gasteiger partial charge in [0.2, 0.25) is 0 Å². The van der Waals surface area contributed by atoms with E-state index in [0.717, 1.165) is 17.4 Å². The van der Waals surface area contributed by atoms with Crippen molar-refractivity contribution in [3.05, 3.63) is 59.2 Å². The zero-order valence-corrected chi connectivity index (χ0v) is 14.2. The Labute approximate surface area is 153 Å². The summed E-state index contributed by atoms with van der Waals surface area (Å²) in [6, 6.07) is 6.37. The van der Waals surface area contributed by atoms with E-state index < -0.39 is 47.3 Å². The van der Waals surface area contributed by atoms with Gasteiger partial charge in [-0.3, -0.25) is 14.9 Å². The first kappa shape index (κ1) is 18.8. The maximum atomic E-state index is 13.6. The van der Waals surface area contributed by atoms with Crippen molar-refractivity contribution in [3.63, 3.8) is 0 Å². The van der Waals surface area contributed by atoms with Crippen LogP contribution >= 0.6 is 11.3 Å². The van der Waals surface area contributed by atoms with Gasteiger partial charge in [0.25, 0.3) is 5.91 Å². The lowest BCUT2D eigenvalue weighted by Gasteiger charge is -2.05. The second-order valence-corrected chi connectivity index (χ2v) is 6.36. The van der Waals surface area contributed by atoms with Crippen molar-refractivity contribution in [2.45, 2.75) is 6.42 Å². The van der Waals surface area contributed by atoms with Crippen LogP contribution in [0.1, 0.15) is 5.56 Å². The van der Waals surface area contributed by atoms with E-state index in [4.69, 9.17) is 4.74 Å². The summed E-state index contributed by atoms with van der Waals surface area (Å²) in [4.78, 5) is 27.1. The van der Waals surface area contributed by atoms with Crippen LogP contribution in [0.15, 0.2) is 30.3 Å². The van der Waals surface area contributed by atoms with E-state index >= 15 is 0 Å². The predicted octanol–water partition coefficient (Wildman–Crippen LogP) is 3.58.